The minimum absolute atomic E-state index is 0.00613. The van der Waals surface area contributed by atoms with E-state index in [9.17, 15) is 23.2 Å². The lowest BCUT2D eigenvalue weighted by Gasteiger charge is -2.27. The molecule has 1 rings (SSSR count). The quantitative estimate of drug-likeness (QED) is 0.566. The van der Waals surface area contributed by atoms with Gasteiger partial charge in [0.1, 0.15) is 11.6 Å². The van der Waals surface area contributed by atoms with Crippen LogP contribution in [0.3, 0.4) is 0 Å². The first-order valence-corrected chi connectivity index (χ1v) is 7.30. The molecule has 0 saturated heterocycles. The van der Waals surface area contributed by atoms with Crippen molar-refractivity contribution in [1.82, 2.24) is 5.32 Å². The van der Waals surface area contributed by atoms with E-state index in [-0.39, 0.29) is 18.4 Å². The summed E-state index contributed by atoms with van der Waals surface area (Å²) in [6.07, 6.45) is -0.331. The average molecular weight is 342 g/mol. The number of hydrogen-bond donors (Lipinski definition) is 2. The number of benzene rings is 1. The Bertz CT molecular complexity index is 631. The third-order valence-electron chi connectivity index (χ3n) is 3.60. The van der Waals surface area contributed by atoms with Crippen molar-refractivity contribution in [2.24, 2.45) is 5.73 Å². The minimum Gasteiger partial charge on any atom is -0.467 e. The number of Topliss-reactive ketones (excluding diaryl/α,β-unsaturated/α-hetero) is 1. The molecular weight excluding hydrogens is 322 g/mol. The molecule has 0 aromatic heterocycles. The molecule has 132 valence electrons. The van der Waals surface area contributed by atoms with Crippen molar-refractivity contribution in [2.75, 3.05) is 7.11 Å². The Labute approximate surface area is 138 Å². The zero-order chi connectivity index (χ0) is 18.5. The van der Waals surface area contributed by atoms with E-state index < -0.39 is 40.9 Å². The van der Waals surface area contributed by atoms with Crippen LogP contribution in [-0.4, -0.2) is 36.4 Å². The van der Waals surface area contributed by atoms with Gasteiger partial charge in [0.25, 0.3) is 0 Å². The molecule has 0 bridgehead atoms. The number of nitrogens with two attached hydrogens (primary N) is 1. The number of carbonyl (C=O) groups excluding carboxylic acids is 3. The largest absolute Gasteiger partial charge is 0.467 e. The molecule has 0 heterocycles. The van der Waals surface area contributed by atoms with Crippen LogP contribution in [-0.2, 0) is 25.5 Å². The number of nitrogens with one attached hydrogen (secondary N) is 1. The highest BCUT2D eigenvalue weighted by Gasteiger charge is 2.43. The van der Waals surface area contributed by atoms with Crippen molar-refractivity contribution >= 4 is 17.7 Å². The van der Waals surface area contributed by atoms with Crippen LogP contribution in [0.1, 0.15) is 25.8 Å². The van der Waals surface area contributed by atoms with Crippen molar-refractivity contribution < 1.29 is 27.9 Å². The fourth-order valence-corrected chi connectivity index (χ4v) is 2.24. The molecule has 1 aromatic carbocycles. The lowest BCUT2D eigenvalue weighted by molar-refractivity contribution is -0.152. The van der Waals surface area contributed by atoms with E-state index >= 15 is 0 Å². The summed E-state index contributed by atoms with van der Waals surface area (Å²) in [4.78, 5) is 36.0. The van der Waals surface area contributed by atoms with Gasteiger partial charge in [0, 0.05) is 6.07 Å². The monoisotopic (exact) mass is 342 g/mol. The van der Waals surface area contributed by atoms with E-state index in [0.717, 1.165) is 19.2 Å². The molecule has 2 atom stereocenters. The van der Waals surface area contributed by atoms with Crippen molar-refractivity contribution in [3.63, 3.8) is 0 Å². The summed E-state index contributed by atoms with van der Waals surface area (Å²) in [6, 6.07) is 1.65. The fourth-order valence-electron chi connectivity index (χ4n) is 2.24. The Hall–Kier alpha value is -2.35. The number of halogens is 2. The van der Waals surface area contributed by atoms with E-state index in [0.29, 0.717) is 6.07 Å². The Balaban J connectivity index is 2.79. The molecule has 1 aromatic rings. The highest BCUT2D eigenvalue weighted by molar-refractivity contribution is 6.11. The van der Waals surface area contributed by atoms with Crippen LogP contribution < -0.4 is 11.1 Å². The van der Waals surface area contributed by atoms with Crippen LogP contribution in [0.4, 0.5) is 8.78 Å². The second-order valence-electron chi connectivity index (χ2n) is 5.42. The Morgan fingerprint density at radius 2 is 1.79 bits per heavy atom. The minimum atomic E-state index is -1.87. The molecule has 0 aliphatic heterocycles. The Kier molecular flexibility index (Phi) is 6.53. The van der Waals surface area contributed by atoms with Crippen LogP contribution in [0.2, 0.25) is 0 Å². The number of hydrogen-bond acceptors (Lipinski definition) is 5. The standard InChI is InChI=1S/C16H20F2N2O4/c1-4-16(19,15(23)24-3)14(22)9(2)20-13(21)7-10-5-11(17)8-12(18)6-10/h5-6,8-9H,4,7,19H2,1-3H3,(H,20,21)/t9-,16-/m0/s1. The van der Waals surface area contributed by atoms with Gasteiger partial charge in [-0.25, -0.2) is 13.6 Å². The number of carbonyl (C=O) groups is 3. The van der Waals surface area contributed by atoms with Crippen LogP contribution in [0.25, 0.3) is 0 Å². The molecule has 0 saturated carbocycles. The van der Waals surface area contributed by atoms with Crippen molar-refractivity contribution in [2.45, 2.75) is 38.3 Å². The molecule has 0 aliphatic carbocycles. The maximum atomic E-state index is 13.1. The summed E-state index contributed by atoms with van der Waals surface area (Å²) in [6.45, 7) is 2.91. The SMILES string of the molecule is CC[C@@](N)(C(=O)OC)C(=O)[C@H](C)NC(=O)Cc1cc(F)cc(F)c1. The maximum Gasteiger partial charge on any atom is 0.333 e. The van der Waals surface area contributed by atoms with E-state index in [4.69, 9.17) is 5.73 Å². The van der Waals surface area contributed by atoms with E-state index in [1.165, 1.54) is 6.92 Å². The van der Waals surface area contributed by atoms with Gasteiger partial charge in [-0.3, -0.25) is 9.59 Å². The number of methoxy groups -OCH3 is 1. The van der Waals surface area contributed by atoms with Gasteiger partial charge in [-0.1, -0.05) is 6.92 Å². The van der Waals surface area contributed by atoms with Crippen LogP contribution in [0.15, 0.2) is 18.2 Å². The van der Waals surface area contributed by atoms with Crippen molar-refractivity contribution in [3.8, 4) is 0 Å². The predicted octanol–water partition coefficient (Wildman–Crippen LogP) is 0.862. The van der Waals surface area contributed by atoms with E-state index in [2.05, 4.69) is 10.1 Å². The van der Waals surface area contributed by atoms with Crippen LogP contribution in [0, 0.1) is 11.6 Å². The molecule has 0 fully saturated rings. The Morgan fingerprint density at radius 3 is 2.25 bits per heavy atom. The summed E-state index contributed by atoms with van der Waals surface area (Å²) in [5.41, 5.74) is 4.04. The van der Waals surface area contributed by atoms with Gasteiger partial charge >= 0.3 is 5.97 Å². The summed E-state index contributed by atoms with van der Waals surface area (Å²) in [7, 11) is 1.11. The third kappa shape index (κ3) is 4.58. The molecule has 6 nitrogen and oxygen atoms in total. The first-order chi connectivity index (χ1) is 11.1. The highest BCUT2D eigenvalue weighted by Crippen LogP contribution is 2.13. The summed E-state index contributed by atoms with van der Waals surface area (Å²) < 4.78 is 30.7. The topological polar surface area (TPSA) is 98.5 Å². The molecule has 0 spiro atoms. The van der Waals surface area contributed by atoms with Gasteiger partial charge in [-0.05, 0) is 31.0 Å². The van der Waals surface area contributed by atoms with Gasteiger partial charge in [0.15, 0.2) is 11.3 Å². The molecule has 0 aliphatic rings. The van der Waals surface area contributed by atoms with Gasteiger partial charge < -0.3 is 15.8 Å². The number of ketones is 1. The molecule has 8 heteroatoms. The number of rotatable bonds is 7. The molecule has 0 radical (unpaired) electrons. The maximum absolute atomic E-state index is 13.1. The van der Waals surface area contributed by atoms with Gasteiger partial charge in [0.2, 0.25) is 5.91 Å². The highest BCUT2D eigenvalue weighted by atomic mass is 19.1. The third-order valence-corrected chi connectivity index (χ3v) is 3.60. The van der Waals surface area contributed by atoms with Crippen molar-refractivity contribution in [1.29, 1.82) is 0 Å². The lowest BCUT2D eigenvalue weighted by atomic mass is 9.88. The van der Waals surface area contributed by atoms with Gasteiger partial charge in [-0.15, -0.1) is 0 Å². The first-order valence-electron chi connectivity index (χ1n) is 7.30. The summed E-state index contributed by atoms with van der Waals surface area (Å²) in [5.74, 6) is -3.86. The second-order valence-corrected chi connectivity index (χ2v) is 5.42. The summed E-state index contributed by atoms with van der Waals surface area (Å²) >= 11 is 0. The molecule has 3 N–H and O–H groups in total. The predicted molar refractivity (Wildman–Crippen MR) is 81.9 cm³/mol. The normalized spacial score (nSPS) is 14.4. The zero-order valence-electron chi connectivity index (χ0n) is 13.7. The number of ether oxygens (including phenoxy) is 1. The molecule has 1 amide bonds. The van der Waals surface area contributed by atoms with E-state index in [1.54, 1.807) is 6.92 Å². The van der Waals surface area contributed by atoms with Gasteiger partial charge in [-0.2, -0.15) is 0 Å². The van der Waals surface area contributed by atoms with E-state index in [1.807, 2.05) is 0 Å². The second kappa shape index (κ2) is 7.96. The molecule has 0 unspecified atom stereocenters. The molecule has 24 heavy (non-hydrogen) atoms. The lowest BCUT2D eigenvalue weighted by Crippen LogP contribution is -2.61. The Morgan fingerprint density at radius 1 is 1.25 bits per heavy atom. The number of esters is 1. The smallest absolute Gasteiger partial charge is 0.333 e. The summed E-state index contributed by atoms with van der Waals surface area (Å²) in [5, 5.41) is 2.36. The zero-order valence-corrected chi connectivity index (χ0v) is 13.7. The van der Waals surface area contributed by atoms with Crippen LogP contribution >= 0.6 is 0 Å². The fraction of sp³-hybridized carbons (Fsp3) is 0.438. The van der Waals surface area contributed by atoms with Crippen molar-refractivity contribution in [3.05, 3.63) is 35.4 Å². The molecular formula is C16H20F2N2O4. The average Bonchev–Trinajstić information content (AvgIpc) is 2.51. The number of amides is 1. The van der Waals surface area contributed by atoms with Gasteiger partial charge in [0.05, 0.1) is 19.6 Å². The van der Waals surface area contributed by atoms with Crippen LogP contribution in [0.5, 0.6) is 0 Å². The first kappa shape index (κ1) is 19.7.